The molecular weight excluding hydrogens is 484 g/mol. The van der Waals surface area contributed by atoms with Crippen molar-refractivity contribution < 1.29 is 27.6 Å². The van der Waals surface area contributed by atoms with E-state index < -0.39 is 10.0 Å². The summed E-state index contributed by atoms with van der Waals surface area (Å²) in [5.74, 6) is 0.414. The number of fused-ring (bicyclic) bond motifs is 4. The summed E-state index contributed by atoms with van der Waals surface area (Å²) in [5, 5.41) is 16.3. The molecule has 0 bridgehead atoms. The van der Waals surface area contributed by atoms with Crippen molar-refractivity contribution in [2.75, 3.05) is 36.9 Å². The summed E-state index contributed by atoms with van der Waals surface area (Å²) in [6.45, 7) is 1.16. The molecule has 1 saturated carbocycles. The largest absolute Gasteiger partial charge is 0.495 e. The van der Waals surface area contributed by atoms with Gasteiger partial charge in [0.05, 0.1) is 13.2 Å². The van der Waals surface area contributed by atoms with Crippen LogP contribution in [-0.2, 0) is 21.9 Å². The van der Waals surface area contributed by atoms with Gasteiger partial charge in [-0.05, 0) is 55.2 Å². The highest BCUT2D eigenvalue weighted by atomic mass is 32.2. The first-order chi connectivity index (χ1) is 17.2. The summed E-state index contributed by atoms with van der Waals surface area (Å²) >= 11 is 0. The number of aromatic nitrogens is 1. The van der Waals surface area contributed by atoms with E-state index in [0.717, 1.165) is 29.7 Å². The molecule has 188 valence electrons. The number of sulfonamides is 1. The number of hydrogen-bond donors (Lipinski definition) is 3. The van der Waals surface area contributed by atoms with Crippen LogP contribution in [0.4, 0.5) is 11.5 Å². The first-order valence-electron chi connectivity index (χ1n) is 11.7. The van der Waals surface area contributed by atoms with E-state index in [1.54, 1.807) is 0 Å². The molecule has 1 spiro atoms. The number of rotatable bonds is 6. The fraction of sp³-hybridized carbons (Fsp3) is 0.360. The van der Waals surface area contributed by atoms with Gasteiger partial charge in [-0.1, -0.05) is 11.2 Å². The second-order valence-corrected chi connectivity index (χ2v) is 11.3. The molecule has 10 nitrogen and oxygen atoms in total. The first kappa shape index (κ1) is 22.9. The van der Waals surface area contributed by atoms with Crippen LogP contribution in [0.25, 0.3) is 11.3 Å². The third-order valence-corrected chi connectivity index (χ3v) is 8.76. The molecule has 0 radical (unpaired) electrons. The number of nitrogens with zero attached hydrogens (tertiary/aromatic N) is 2. The van der Waals surface area contributed by atoms with Gasteiger partial charge in [-0.2, -0.15) is 0 Å². The Hall–Kier alpha value is -3.57. The number of nitrogens with one attached hydrogen (secondary N) is 2. The van der Waals surface area contributed by atoms with Gasteiger partial charge in [0.2, 0.25) is 0 Å². The van der Waals surface area contributed by atoms with Crippen molar-refractivity contribution in [1.82, 2.24) is 10.5 Å². The van der Waals surface area contributed by atoms with Crippen LogP contribution in [0.3, 0.4) is 0 Å². The smallest absolute Gasteiger partial charge is 0.266 e. The molecule has 3 aromatic rings. The number of hydrogen-bond acceptors (Lipinski definition) is 8. The summed E-state index contributed by atoms with van der Waals surface area (Å²) in [7, 11) is -1.25. The Balaban J connectivity index is 1.36. The van der Waals surface area contributed by atoms with Gasteiger partial charge in [0.15, 0.2) is 11.6 Å². The van der Waals surface area contributed by atoms with Crippen molar-refractivity contribution in [3.63, 3.8) is 0 Å². The van der Waals surface area contributed by atoms with Crippen molar-refractivity contribution in [2.45, 2.75) is 35.7 Å². The number of aliphatic hydroxyl groups excluding tert-OH is 1. The molecule has 0 unspecified atom stereocenters. The summed E-state index contributed by atoms with van der Waals surface area (Å²) in [6, 6.07) is 10.4. The molecule has 1 amide bonds. The zero-order valence-corrected chi connectivity index (χ0v) is 20.7. The zero-order valence-electron chi connectivity index (χ0n) is 19.9. The molecule has 3 aliphatic rings. The van der Waals surface area contributed by atoms with Crippen molar-refractivity contribution in [3.8, 4) is 17.1 Å². The number of benzene rings is 2. The highest BCUT2D eigenvalue weighted by Gasteiger charge is 2.50. The average Bonchev–Trinajstić information content (AvgIpc) is 3.53. The van der Waals surface area contributed by atoms with E-state index in [-0.39, 0.29) is 39.5 Å². The molecule has 2 aliphatic carbocycles. The second-order valence-electron chi connectivity index (χ2n) is 9.63. The molecule has 1 aliphatic heterocycles. The summed E-state index contributed by atoms with van der Waals surface area (Å²) < 4.78 is 40.3. The SMILES string of the molecule is CNC(=O)c1ccc(S(=O)(=O)Nc2noc3c2CC2(CC2)c2ccc(N4CC(O)C4)cc2-3)c(OC)c1. The third kappa shape index (κ3) is 3.53. The maximum Gasteiger partial charge on any atom is 0.266 e. The number of methoxy groups -OCH3 is 1. The molecular formula is C25H26N4O6S. The van der Waals surface area contributed by atoms with Gasteiger partial charge in [-0.3, -0.25) is 9.52 Å². The highest BCUT2D eigenvalue weighted by Crippen LogP contribution is 2.58. The Kier molecular flexibility index (Phi) is 5.06. The van der Waals surface area contributed by atoms with E-state index in [4.69, 9.17) is 9.26 Å². The molecule has 1 aromatic heterocycles. The van der Waals surface area contributed by atoms with Crippen molar-refractivity contribution in [3.05, 3.63) is 53.1 Å². The topological polar surface area (TPSA) is 134 Å². The van der Waals surface area contributed by atoms with Gasteiger partial charge in [0.1, 0.15) is 10.6 Å². The van der Waals surface area contributed by atoms with Crippen LogP contribution in [0.1, 0.15) is 34.3 Å². The molecule has 0 atom stereocenters. The summed E-state index contributed by atoms with van der Waals surface area (Å²) in [4.78, 5) is 13.9. The minimum absolute atomic E-state index is 0.0475. The molecule has 6 rings (SSSR count). The lowest BCUT2D eigenvalue weighted by Crippen LogP contribution is -2.50. The molecule has 3 N–H and O–H groups in total. The van der Waals surface area contributed by atoms with Crippen LogP contribution in [0.15, 0.2) is 45.8 Å². The highest BCUT2D eigenvalue weighted by molar-refractivity contribution is 7.92. The quantitative estimate of drug-likeness (QED) is 0.460. The van der Waals surface area contributed by atoms with E-state index in [9.17, 15) is 18.3 Å². The van der Waals surface area contributed by atoms with Gasteiger partial charge < -0.3 is 24.6 Å². The van der Waals surface area contributed by atoms with E-state index in [0.29, 0.717) is 25.3 Å². The molecule has 2 fully saturated rings. The average molecular weight is 511 g/mol. The van der Waals surface area contributed by atoms with E-state index in [2.05, 4.69) is 32.2 Å². The minimum Gasteiger partial charge on any atom is -0.495 e. The van der Waals surface area contributed by atoms with Gasteiger partial charge in [0, 0.05) is 47.9 Å². The van der Waals surface area contributed by atoms with Gasteiger partial charge >= 0.3 is 0 Å². The lowest BCUT2D eigenvalue weighted by Gasteiger charge is -2.38. The number of anilines is 2. The molecule has 2 aromatic carbocycles. The standard InChI is InChI=1S/C25H26N4O6S/c1-26-24(31)14-3-6-21(20(9-14)34-2)36(32,33)28-23-18-11-25(7-8-25)19-5-4-15(29-12-16(30)13-29)10-17(19)22(18)35-27-23/h3-6,9-10,16,30H,7-8,11-13H2,1-2H3,(H,26,31)(H,27,28). The van der Waals surface area contributed by atoms with E-state index in [1.807, 2.05) is 6.07 Å². The lowest BCUT2D eigenvalue weighted by molar-refractivity contribution is 0.0962. The second kappa shape index (κ2) is 7.97. The fourth-order valence-electron chi connectivity index (χ4n) is 5.20. The molecule has 11 heteroatoms. The van der Waals surface area contributed by atoms with E-state index in [1.165, 1.54) is 37.9 Å². The maximum atomic E-state index is 13.4. The predicted octanol–water partition coefficient (Wildman–Crippen LogP) is 2.28. The number of ether oxygens (including phenoxy) is 1. The Bertz CT molecular complexity index is 1490. The van der Waals surface area contributed by atoms with Crippen LogP contribution in [0.2, 0.25) is 0 Å². The molecule has 36 heavy (non-hydrogen) atoms. The van der Waals surface area contributed by atoms with Gasteiger partial charge in [0.25, 0.3) is 15.9 Å². The third-order valence-electron chi connectivity index (χ3n) is 7.38. The first-order valence-corrected chi connectivity index (χ1v) is 13.2. The number of amides is 1. The fourth-order valence-corrected chi connectivity index (χ4v) is 6.38. The Morgan fingerprint density at radius 2 is 2.00 bits per heavy atom. The van der Waals surface area contributed by atoms with Gasteiger partial charge in [-0.25, -0.2) is 8.42 Å². The summed E-state index contributed by atoms with van der Waals surface area (Å²) in [6.07, 6.45) is 2.33. The van der Waals surface area contributed by atoms with Crippen molar-refractivity contribution in [2.24, 2.45) is 0 Å². The molecule has 2 heterocycles. The van der Waals surface area contributed by atoms with Crippen molar-refractivity contribution in [1.29, 1.82) is 0 Å². The maximum absolute atomic E-state index is 13.4. The van der Waals surface area contributed by atoms with Crippen LogP contribution < -0.4 is 19.7 Å². The Morgan fingerprint density at radius 3 is 2.67 bits per heavy atom. The minimum atomic E-state index is -4.09. The number of carbonyl (C=O) groups excluding carboxylic acids is 1. The normalized spacial score (nSPS) is 17.7. The molecule has 1 saturated heterocycles. The number of carbonyl (C=O) groups is 1. The number of aliphatic hydroxyl groups is 1. The van der Waals surface area contributed by atoms with E-state index >= 15 is 0 Å². The van der Waals surface area contributed by atoms with Crippen LogP contribution >= 0.6 is 0 Å². The van der Waals surface area contributed by atoms with Crippen molar-refractivity contribution >= 4 is 27.4 Å². The zero-order chi connectivity index (χ0) is 25.2. The predicted molar refractivity (Wildman–Crippen MR) is 132 cm³/mol. The van der Waals surface area contributed by atoms with Crippen LogP contribution in [-0.4, -0.2) is 57.9 Å². The lowest BCUT2D eigenvalue weighted by atomic mass is 9.79. The van der Waals surface area contributed by atoms with Crippen LogP contribution in [0.5, 0.6) is 5.75 Å². The number of β-amino-alcohol motifs (C(OH)–C–C–N with tert-alkyl or cyclic N) is 1. The monoisotopic (exact) mass is 510 g/mol. The van der Waals surface area contributed by atoms with Crippen LogP contribution in [0, 0.1) is 0 Å². The summed E-state index contributed by atoms with van der Waals surface area (Å²) in [5.41, 5.74) is 4.06. The Labute approximate surface area is 208 Å². The Morgan fingerprint density at radius 1 is 1.22 bits per heavy atom. The van der Waals surface area contributed by atoms with Gasteiger partial charge in [-0.15, -0.1) is 0 Å².